The molecule has 0 amide bonds. The van der Waals surface area contributed by atoms with Crippen LogP contribution in [0.3, 0.4) is 0 Å². The van der Waals surface area contributed by atoms with E-state index in [1.807, 2.05) is 0 Å². The maximum Gasteiger partial charge on any atom is 0.321 e. The van der Waals surface area contributed by atoms with Gasteiger partial charge >= 0.3 is 5.97 Å². The SMILES string of the molecule is CCC(C(=O)O)N(C)S(=O)(=O)c1cnc(C)s1. The molecule has 0 aliphatic heterocycles. The second kappa shape index (κ2) is 5.11. The van der Waals surface area contributed by atoms with Crippen molar-refractivity contribution in [2.75, 3.05) is 7.05 Å². The van der Waals surface area contributed by atoms with Gasteiger partial charge in [-0.2, -0.15) is 4.31 Å². The first-order valence-electron chi connectivity index (χ1n) is 4.94. The lowest BCUT2D eigenvalue weighted by Crippen LogP contribution is -2.41. The fraction of sp³-hybridized carbons (Fsp3) is 0.556. The molecule has 0 saturated carbocycles. The van der Waals surface area contributed by atoms with Gasteiger partial charge in [0.1, 0.15) is 6.04 Å². The van der Waals surface area contributed by atoms with Gasteiger partial charge in [-0.05, 0) is 13.3 Å². The number of rotatable bonds is 5. The van der Waals surface area contributed by atoms with Crippen LogP contribution in [0.15, 0.2) is 10.4 Å². The largest absolute Gasteiger partial charge is 0.480 e. The molecule has 6 nitrogen and oxygen atoms in total. The lowest BCUT2D eigenvalue weighted by molar-refractivity contribution is -0.141. The molecule has 0 spiro atoms. The summed E-state index contributed by atoms with van der Waals surface area (Å²) in [5.41, 5.74) is 0. The van der Waals surface area contributed by atoms with Crippen molar-refractivity contribution < 1.29 is 18.3 Å². The number of likely N-dealkylation sites (N-methyl/N-ethyl adjacent to an activating group) is 1. The van der Waals surface area contributed by atoms with Gasteiger partial charge in [0.05, 0.1) is 11.2 Å². The van der Waals surface area contributed by atoms with Gasteiger partial charge < -0.3 is 5.11 Å². The van der Waals surface area contributed by atoms with Crippen LogP contribution in [0.5, 0.6) is 0 Å². The summed E-state index contributed by atoms with van der Waals surface area (Å²) < 4.78 is 25.1. The summed E-state index contributed by atoms with van der Waals surface area (Å²) in [6.45, 7) is 3.32. The Kier molecular flexibility index (Phi) is 4.23. The molecule has 0 fully saturated rings. The predicted octanol–water partition coefficient (Wildman–Crippen LogP) is 0.935. The average molecular weight is 278 g/mol. The highest BCUT2D eigenvalue weighted by molar-refractivity contribution is 7.91. The summed E-state index contributed by atoms with van der Waals surface area (Å²) in [6.07, 6.45) is 1.46. The van der Waals surface area contributed by atoms with Crippen molar-refractivity contribution in [1.82, 2.24) is 9.29 Å². The van der Waals surface area contributed by atoms with Gasteiger partial charge in [-0.25, -0.2) is 13.4 Å². The van der Waals surface area contributed by atoms with Gasteiger partial charge in [0, 0.05) is 7.05 Å². The van der Waals surface area contributed by atoms with Gasteiger partial charge in [0.25, 0.3) is 10.0 Å². The quantitative estimate of drug-likeness (QED) is 0.866. The molecule has 0 bridgehead atoms. The molecule has 17 heavy (non-hydrogen) atoms. The summed E-state index contributed by atoms with van der Waals surface area (Å²) in [5, 5.41) is 9.57. The van der Waals surface area contributed by atoms with Crippen molar-refractivity contribution in [3.05, 3.63) is 11.2 Å². The van der Waals surface area contributed by atoms with Crippen molar-refractivity contribution in [1.29, 1.82) is 0 Å². The number of thiazole rings is 1. The Bertz CT molecular complexity index is 509. The highest BCUT2D eigenvalue weighted by Crippen LogP contribution is 2.23. The third-order valence-corrected chi connectivity index (χ3v) is 5.56. The van der Waals surface area contributed by atoms with Gasteiger partial charge in [0.2, 0.25) is 0 Å². The molecule has 8 heteroatoms. The van der Waals surface area contributed by atoms with E-state index in [2.05, 4.69) is 4.98 Å². The Morgan fingerprint density at radius 3 is 2.59 bits per heavy atom. The van der Waals surface area contributed by atoms with Crippen molar-refractivity contribution in [2.45, 2.75) is 30.5 Å². The first kappa shape index (κ1) is 14.1. The molecule has 0 aromatic carbocycles. The van der Waals surface area contributed by atoms with E-state index in [-0.39, 0.29) is 10.6 Å². The lowest BCUT2D eigenvalue weighted by Gasteiger charge is -2.21. The molecule has 0 aliphatic carbocycles. The number of aryl methyl sites for hydroxylation is 1. The van der Waals surface area contributed by atoms with E-state index >= 15 is 0 Å². The van der Waals surface area contributed by atoms with E-state index in [4.69, 9.17) is 5.11 Å². The van der Waals surface area contributed by atoms with Crippen LogP contribution in [0.25, 0.3) is 0 Å². The van der Waals surface area contributed by atoms with Crippen molar-refractivity contribution in [3.8, 4) is 0 Å². The molecular weight excluding hydrogens is 264 g/mol. The molecule has 0 radical (unpaired) electrons. The zero-order valence-electron chi connectivity index (χ0n) is 9.74. The molecule has 0 saturated heterocycles. The molecule has 1 unspecified atom stereocenters. The Labute approximate surface area is 104 Å². The molecule has 96 valence electrons. The zero-order valence-corrected chi connectivity index (χ0v) is 11.4. The fourth-order valence-corrected chi connectivity index (χ4v) is 4.04. The number of aromatic nitrogens is 1. The van der Waals surface area contributed by atoms with Crippen molar-refractivity contribution in [2.24, 2.45) is 0 Å². The Hall–Kier alpha value is -0.990. The molecule has 1 N–H and O–H groups in total. The number of sulfonamides is 1. The molecule has 1 heterocycles. The van der Waals surface area contributed by atoms with Crippen LogP contribution in [0, 0.1) is 6.92 Å². The van der Waals surface area contributed by atoms with Crippen LogP contribution in [0.2, 0.25) is 0 Å². The van der Waals surface area contributed by atoms with E-state index in [0.29, 0.717) is 5.01 Å². The minimum atomic E-state index is -3.77. The Balaban J connectivity index is 3.10. The van der Waals surface area contributed by atoms with E-state index in [1.165, 1.54) is 13.2 Å². The van der Waals surface area contributed by atoms with Gasteiger partial charge in [-0.15, -0.1) is 11.3 Å². The minimum absolute atomic E-state index is 0.0669. The smallest absolute Gasteiger partial charge is 0.321 e. The normalized spacial score (nSPS) is 13.9. The van der Waals surface area contributed by atoms with Crippen molar-refractivity contribution >= 4 is 27.3 Å². The Morgan fingerprint density at radius 1 is 1.65 bits per heavy atom. The highest BCUT2D eigenvalue weighted by atomic mass is 32.2. The van der Waals surface area contributed by atoms with Crippen molar-refractivity contribution in [3.63, 3.8) is 0 Å². The topological polar surface area (TPSA) is 87.6 Å². The van der Waals surface area contributed by atoms with E-state index < -0.39 is 22.0 Å². The summed E-state index contributed by atoms with van der Waals surface area (Å²) in [5.74, 6) is -1.15. The molecule has 1 rings (SSSR count). The fourth-order valence-electron chi connectivity index (χ4n) is 1.36. The number of hydrogen-bond acceptors (Lipinski definition) is 5. The van der Waals surface area contributed by atoms with Gasteiger partial charge in [0.15, 0.2) is 4.21 Å². The predicted molar refractivity (Wildman–Crippen MR) is 63.5 cm³/mol. The third kappa shape index (κ3) is 2.82. The summed E-state index contributed by atoms with van der Waals surface area (Å²) in [4.78, 5) is 14.8. The third-order valence-electron chi connectivity index (χ3n) is 2.34. The maximum absolute atomic E-state index is 12.1. The van der Waals surface area contributed by atoms with Crippen LogP contribution >= 0.6 is 11.3 Å². The van der Waals surface area contributed by atoms with Gasteiger partial charge in [-0.3, -0.25) is 4.79 Å². The molecule has 1 atom stereocenters. The average Bonchev–Trinajstić information content (AvgIpc) is 2.65. The standard InChI is InChI=1S/C9H14N2O4S2/c1-4-7(9(12)13)11(3)17(14,15)8-5-10-6(2)16-8/h5,7H,4H2,1-3H3,(H,12,13). The number of carboxylic acids is 1. The van der Waals surface area contributed by atoms with E-state index in [1.54, 1.807) is 13.8 Å². The van der Waals surface area contributed by atoms with Crippen LogP contribution in [0.1, 0.15) is 18.4 Å². The highest BCUT2D eigenvalue weighted by Gasteiger charge is 2.32. The van der Waals surface area contributed by atoms with Gasteiger partial charge in [-0.1, -0.05) is 6.92 Å². The minimum Gasteiger partial charge on any atom is -0.480 e. The zero-order chi connectivity index (χ0) is 13.2. The number of aliphatic carboxylic acids is 1. The summed E-state index contributed by atoms with van der Waals surface area (Å²) in [7, 11) is -2.50. The first-order valence-corrected chi connectivity index (χ1v) is 7.19. The second-order valence-corrected chi connectivity index (χ2v) is 6.94. The lowest BCUT2D eigenvalue weighted by atomic mass is 10.2. The first-order chi connectivity index (χ1) is 7.80. The van der Waals surface area contributed by atoms with Crippen LogP contribution in [0.4, 0.5) is 0 Å². The number of carbonyl (C=O) groups is 1. The Morgan fingerprint density at radius 2 is 2.24 bits per heavy atom. The number of carboxylic acid groups (broad SMARTS) is 1. The summed E-state index contributed by atoms with van der Waals surface area (Å²) in [6, 6.07) is -1.05. The molecule has 1 aromatic heterocycles. The number of hydrogen-bond donors (Lipinski definition) is 1. The van der Waals surface area contributed by atoms with E-state index in [9.17, 15) is 13.2 Å². The molecular formula is C9H14N2O4S2. The monoisotopic (exact) mass is 278 g/mol. The van der Waals surface area contributed by atoms with Crippen LogP contribution in [-0.4, -0.2) is 41.9 Å². The molecule has 0 aliphatic rings. The van der Waals surface area contributed by atoms with Crippen LogP contribution in [-0.2, 0) is 14.8 Å². The summed E-state index contributed by atoms with van der Waals surface area (Å²) >= 11 is 1.03. The number of nitrogens with zero attached hydrogens (tertiary/aromatic N) is 2. The van der Waals surface area contributed by atoms with Crippen LogP contribution < -0.4 is 0 Å². The second-order valence-electron chi connectivity index (χ2n) is 3.48. The maximum atomic E-state index is 12.1. The molecule has 1 aromatic rings. The van der Waals surface area contributed by atoms with E-state index in [0.717, 1.165) is 15.6 Å².